The van der Waals surface area contributed by atoms with Crippen LogP contribution in [0.5, 0.6) is 0 Å². The van der Waals surface area contributed by atoms with Gasteiger partial charge in [-0.25, -0.2) is 51.1 Å². The minimum atomic E-state index is -1.00. The Morgan fingerprint density at radius 1 is 0.540 bits per heavy atom. The number of aromatic amines is 1. The molecule has 4 aromatic heterocycles. The van der Waals surface area contributed by atoms with Gasteiger partial charge in [-0.2, -0.15) is 15.3 Å². The third-order valence-electron chi connectivity index (χ3n) is 19.8. The number of nitrogens with zero attached hydrogens (tertiary/aromatic N) is 10. The fourth-order valence-electron chi connectivity index (χ4n) is 14.4. The van der Waals surface area contributed by atoms with E-state index in [2.05, 4.69) is 53.4 Å². The van der Waals surface area contributed by atoms with Gasteiger partial charge in [-0.3, -0.25) is 28.2 Å². The molecule has 0 radical (unpaired) electrons. The number of ether oxygens (including phenoxy) is 6. The van der Waals surface area contributed by atoms with Gasteiger partial charge in [-0.1, -0.05) is 110 Å². The third-order valence-corrected chi connectivity index (χ3v) is 20.4. The van der Waals surface area contributed by atoms with Crippen molar-refractivity contribution in [3.05, 3.63) is 252 Å². The van der Waals surface area contributed by atoms with Crippen LogP contribution in [0.1, 0.15) is 220 Å². The first-order valence-corrected chi connectivity index (χ1v) is 41.9. The van der Waals surface area contributed by atoms with Gasteiger partial charge in [0.25, 0.3) is 5.91 Å². The van der Waals surface area contributed by atoms with Crippen LogP contribution < -0.4 is 24.2 Å². The summed E-state index contributed by atoms with van der Waals surface area (Å²) in [4.78, 5) is 109. The van der Waals surface area contributed by atoms with Crippen LogP contribution in [-0.4, -0.2) is 197 Å². The Balaban J connectivity index is 0.000000243. The summed E-state index contributed by atoms with van der Waals surface area (Å²) in [6, 6.07) is 28.6. The molecule has 3 amide bonds. The summed E-state index contributed by atoms with van der Waals surface area (Å²) in [6.45, 7) is 32.8. The van der Waals surface area contributed by atoms with E-state index in [1.807, 2.05) is 73.1 Å². The zero-order chi connectivity index (χ0) is 91.6. The number of benzene rings is 4. The molecule has 4 N–H and O–H groups in total. The van der Waals surface area contributed by atoms with E-state index in [1.54, 1.807) is 131 Å². The van der Waals surface area contributed by atoms with Gasteiger partial charge in [-0.05, 0) is 170 Å². The van der Waals surface area contributed by atoms with Crippen LogP contribution in [0, 0.1) is 29.2 Å². The number of carboxylic acid groups (broad SMARTS) is 1. The first-order valence-electron chi connectivity index (χ1n) is 41.5. The zero-order valence-electron chi connectivity index (χ0n) is 74.8. The van der Waals surface area contributed by atoms with Crippen LogP contribution in [0.25, 0.3) is 0 Å². The summed E-state index contributed by atoms with van der Waals surface area (Å²) >= 11 is 3.26. The van der Waals surface area contributed by atoms with Gasteiger partial charge in [0, 0.05) is 107 Å². The van der Waals surface area contributed by atoms with E-state index >= 15 is 0 Å². The predicted molar refractivity (Wildman–Crippen MR) is 461 cm³/mol. The van der Waals surface area contributed by atoms with Crippen LogP contribution in [0.15, 0.2) is 155 Å². The van der Waals surface area contributed by atoms with Gasteiger partial charge in [0.15, 0.2) is 17.1 Å². The van der Waals surface area contributed by atoms with E-state index < -0.39 is 54.3 Å². The number of hydrogen-bond donors (Lipinski definition) is 3. The number of aliphatic carboxylic acids is 1. The van der Waals surface area contributed by atoms with Crippen molar-refractivity contribution in [3.63, 3.8) is 0 Å². The Labute approximate surface area is 752 Å². The van der Waals surface area contributed by atoms with Gasteiger partial charge in [0.05, 0.1) is 80.8 Å². The first kappa shape index (κ1) is 102. The number of hydrogen-bond acceptors (Lipinski definition) is 20. The molecule has 674 valence electrons. The zero-order valence-corrected chi connectivity index (χ0v) is 75.4. The topological polar surface area (TPSA) is 346 Å². The molecule has 28 nitrogen and oxygen atoms in total. The molecule has 4 atom stereocenters. The average molecular weight is 1810 g/mol. The van der Waals surface area contributed by atoms with Crippen LogP contribution in [-0.2, 0) is 82.6 Å². The Bertz CT molecular complexity index is 5170. The fraction of sp³-hybridized carbons (Fsp3) is 0.429. The minimum Gasteiger partial charge on any atom is -0.870 e. The minimum absolute atomic E-state index is 0. The molecule has 4 aromatic carbocycles. The molecule has 9 heterocycles. The molecule has 0 saturated heterocycles. The largest absolute Gasteiger partial charge is 1.00 e. The molecule has 0 fully saturated rings. The maximum atomic E-state index is 13.3. The fourth-order valence-corrected chi connectivity index (χ4v) is 14.8. The van der Waals surface area contributed by atoms with Crippen LogP contribution in [0.4, 0.5) is 31.5 Å². The molecular weight excluding hydrogens is 1700 g/mol. The number of nitrogens with one attached hydrogen (secondary N) is 2. The Morgan fingerprint density at radius 2 is 0.921 bits per heavy atom. The summed E-state index contributed by atoms with van der Waals surface area (Å²) in [6.07, 6.45) is 6.68. The second-order valence-corrected chi connectivity index (χ2v) is 32.2. The van der Waals surface area contributed by atoms with Crippen molar-refractivity contribution < 1.29 is 120 Å². The SMILES string of the molecule is CCOC(=O)C1=NCC2=C1CN(C(=O)OC(C)(C)C)CC2C.CCOC(=O)c1nn(Cc2ccc(F)cc2)c2c1CN(C(=O)OC(C)(C)C)CC2C.CCOC(=O)c1nn(Cc2ccc(F)cc2)c2c1CN(C(=O)c1ccc[nH]1)CC2C.CCOC(=O)c1nn(Cc2ccc(F)cc2)c2c1CNCC2C.Fc1ccc(CBr)cc1.O=C(O)C1=CC=CC1.[2H]CF.[Li+].[OH-]. The molecule has 4 unspecified atom stereocenters. The summed E-state index contributed by atoms with van der Waals surface area (Å²) in [7, 11) is -1.00. The quantitative estimate of drug-likeness (QED) is 0.0251. The molecule has 6 aliphatic rings. The van der Waals surface area contributed by atoms with Crippen LogP contribution >= 0.6 is 15.9 Å². The van der Waals surface area contributed by atoms with Crippen LogP contribution in [0.2, 0.25) is 0 Å². The van der Waals surface area contributed by atoms with Crippen molar-refractivity contribution >= 4 is 69.6 Å². The molecule has 0 spiro atoms. The van der Waals surface area contributed by atoms with E-state index in [0.717, 1.165) is 67.9 Å². The molecule has 1 aliphatic carbocycles. The van der Waals surface area contributed by atoms with E-state index in [0.29, 0.717) is 112 Å². The first-order chi connectivity index (χ1) is 59.4. The molecule has 14 rings (SSSR count). The van der Waals surface area contributed by atoms with E-state index in [1.165, 1.54) is 48.5 Å². The maximum absolute atomic E-state index is 13.3. The number of H-pyrrole nitrogens is 1. The molecule has 8 aromatic rings. The van der Waals surface area contributed by atoms with Crippen molar-refractivity contribution in [1.82, 2.24) is 54.3 Å². The van der Waals surface area contributed by atoms with Crippen molar-refractivity contribution in [3.8, 4) is 0 Å². The number of aromatic nitrogens is 7. The smallest absolute Gasteiger partial charge is 0.870 e. The molecule has 126 heavy (non-hydrogen) atoms. The molecule has 0 saturated carbocycles. The number of esters is 4. The number of halogens is 6. The number of allylic oxidation sites excluding steroid dienone is 3. The van der Waals surface area contributed by atoms with Gasteiger partial charge in [0.2, 0.25) is 0 Å². The Hall–Kier alpha value is -11.3. The number of carbonyl (C=O) groups excluding carboxylic acids is 7. The summed E-state index contributed by atoms with van der Waals surface area (Å²) in [5.41, 5.74) is 11.8. The number of carbonyl (C=O) groups is 8. The summed E-state index contributed by atoms with van der Waals surface area (Å²) in [5.74, 6) is -3.53. The van der Waals surface area contributed by atoms with Crippen molar-refractivity contribution in [1.29, 1.82) is 0 Å². The number of carboxylic acids is 1. The normalized spacial score (nSPS) is 16.3. The summed E-state index contributed by atoms with van der Waals surface area (Å²) in [5, 5.41) is 25.9. The van der Waals surface area contributed by atoms with Crippen molar-refractivity contribution in [2.75, 3.05) is 72.8 Å². The molecule has 35 heteroatoms. The second kappa shape index (κ2) is 48.4. The number of rotatable bonds is 17. The average Bonchev–Trinajstić information content (AvgIpc) is 1.63. The predicted octanol–water partition coefficient (Wildman–Crippen LogP) is 13.2. The molecular formula is C91H111BrF5LiN12O16. The monoisotopic (exact) mass is 1810 g/mol. The van der Waals surface area contributed by atoms with Gasteiger partial charge < -0.3 is 64.0 Å². The van der Waals surface area contributed by atoms with E-state index in [9.17, 15) is 60.3 Å². The molecule has 5 aliphatic heterocycles. The van der Waals surface area contributed by atoms with Crippen molar-refractivity contribution in [2.24, 2.45) is 10.9 Å². The van der Waals surface area contributed by atoms with Gasteiger partial charge in [-0.15, -0.1) is 0 Å². The van der Waals surface area contributed by atoms with Crippen LogP contribution in [0.3, 0.4) is 0 Å². The number of aliphatic imine (C=N–C) groups is 1. The second-order valence-electron chi connectivity index (χ2n) is 31.7. The maximum Gasteiger partial charge on any atom is 1.00 e. The van der Waals surface area contributed by atoms with E-state index in [-0.39, 0.29) is 121 Å². The summed E-state index contributed by atoms with van der Waals surface area (Å²) < 4.78 is 104. The number of amides is 3. The van der Waals surface area contributed by atoms with Gasteiger partial charge in [0.1, 0.15) is 45.9 Å². The third kappa shape index (κ3) is 28.6. The number of alkyl halides is 2. The Morgan fingerprint density at radius 3 is 1.29 bits per heavy atom. The number of fused-ring (bicyclic) bond motifs is 3. The van der Waals surface area contributed by atoms with Crippen molar-refractivity contribution in [2.45, 2.75) is 177 Å². The van der Waals surface area contributed by atoms with Gasteiger partial charge >= 0.3 is 60.9 Å². The Kier molecular flexibility index (Phi) is 39.1. The van der Waals surface area contributed by atoms with E-state index in [4.69, 9.17) is 34.9 Å². The molecule has 0 bridgehead atoms. The standard InChI is InChI=1S/C22H23FN4O3.C22H28FN3O4.C17H20FN3O2.C16H24N2O4.C7H6BrF.C6H6O2.CH3F.Li.H2O/c1-3-30-22(29)19-17-13-26(21(28)18-5-4-10-24-18)11-14(2)20(17)27(25-19)12-15-6-8-16(23)9-7-15;1-6-29-20(27)18-17-13-25(21(28)30-22(3,4)5)11-14(2)19(17)26(24-18)12-15-7-9-16(23)10-8-15;1-3-23-17(22)15-14-9-19-8-11(2)16(14)21(20-15)10-12-4-6-13(18)7-5-12;1-6-21-14(19)13-12-9-18(15(20)22-16(3,4)5)8-10(2)11(12)7-17-13;8-5-6-1-3-7(9)4-2-6;7-6(8)5-3-1-2-4-5;1-2;;/h4-10,14,24H,3,11-13H2,1-2H3;7-10,14H,6,11-13H2,1-5H3;4-7,11,19H,3,8-10H2,1-2H3;10H,6-9H2,1-5H3;1-4H,5H2;1-3H,4H2,(H,7,8);1H3;;1H2/q;;;;;;;+1;/p-1/i;;;;;;1D;;.